The Labute approximate surface area is 265 Å². The average Bonchev–Trinajstić information content (AvgIpc) is 3.29. The number of hydrogen-bond acceptors (Lipinski definition) is 2. The van der Waals surface area contributed by atoms with E-state index in [9.17, 15) is 0 Å². The molecule has 0 aromatic heterocycles. The maximum Gasteiger partial charge on any atom is 0.189 e. The van der Waals surface area contributed by atoms with Gasteiger partial charge in [0.25, 0.3) is 0 Å². The fourth-order valence-electron chi connectivity index (χ4n) is 13.2. The van der Waals surface area contributed by atoms with Crippen LogP contribution in [0.4, 0.5) is 0 Å². The van der Waals surface area contributed by atoms with Gasteiger partial charge in [0.2, 0.25) is 0 Å². The van der Waals surface area contributed by atoms with Gasteiger partial charge in [0.15, 0.2) is 6.71 Å². The first-order valence-corrected chi connectivity index (χ1v) is 18.5. The molecule has 0 aromatic carbocycles. The molecule has 8 aliphatic rings. The zero-order chi connectivity index (χ0) is 30.6. The molecule has 0 aromatic rings. The van der Waals surface area contributed by atoms with E-state index in [1.165, 1.54) is 57.8 Å². The number of allylic oxidation sites excluding steroid dienone is 4. The molecule has 4 aliphatic heterocycles. The van der Waals surface area contributed by atoms with E-state index in [2.05, 4.69) is 98.1 Å². The van der Waals surface area contributed by atoms with Crippen molar-refractivity contribution in [1.82, 2.24) is 9.80 Å². The Morgan fingerprint density at radius 2 is 1.49 bits per heavy atom. The lowest BCUT2D eigenvalue weighted by molar-refractivity contribution is -0.00749. The highest BCUT2D eigenvalue weighted by atomic mass is 15.3. The maximum absolute atomic E-state index is 3.26. The van der Waals surface area contributed by atoms with Gasteiger partial charge in [-0.1, -0.05) is 96.5 Å². The standard InChI is InChI=1S/C40H61BN2/c1-23-17-32-34-33(18-23)43-36-29(40(39(43,10)11)15-13-12-14-16-40)20-27(38(7,8)9)22-31(36)41(34)30-21-26(37(4,5)6)19-28-24(2)25(3)42(32)35(28)30/h19,22-23,28-31,33,35-36H,12-18,20-21H2,1-11H3. The molecule has 3 fully saturated rings. The summed E-state index contributed by atoms with van der Waals surface area (Å²) < 4.78 is 0. The van der Waals surface area contributed by atoms with Crippen molar-refractivity contribution in [3.05, 3.63) is 45.7 Å². The number of hydrogen-bond donors (Lipinski definition) is 0. The van der Waals surface area contributed by atoms with Gasteiger partial charge in [-0.3, -0.25) is 4.90 Å². The minimum absolute atomic E-state index is 0.241. The Hall–Kier alpha value is -1.22. The zero-order valence-electron chi connectivity index (χ0n) is 29.6. The first-order valence-electron chi connectivity index (χ1n) is 18.5. The van der Waals surface area contributed by atoms with Crippen LogP contribution in [0.1, 0.15) is 134 Å². The molecule has 0 N–H and O–H groups in total. The van der Waals surface area contributed by atoms with Crippen LogP contribution < -0.4 is 0 Å². The third-order valence-corrected chi connectivity index (χ3v) is 15.3. The van der Waals surface area contributed by atoms with Crippen LogP contribution in [-0.2, 0) is 0 Å². The minimum Gasteiger partial charge on any atom is -0.346 e. The Balaban J connectivity index is 1.39. The van der Waals surface area contributed by atoms with Crippen molar-refractivity contribution < 1.29 is 0 Å². The molecule has 0 bridgehead atoms. The van der Waals surface area contributed by atoms with Gasteiger partial charge < -0.3 is 4.90 Å². The Morgan fingerprint density at radius 3 is 2.14 bits per heavy atom. The first-order chi connectivity index (χ1) is 20.1. The van der Waals surface area contributed by atoms with Crippen LogP contribution in [0.5, 0.6) is 0 Å². The molecule has 3 heteroatoms. The number of rotatable bonds is 0. The first kappa shape index (κ1) is 29.2. The van der Waals surface area contributed by atoms with E-state index in [-0.39, 0.29) is 16.4 Å². The second kappa shape index (κ2) is 8.98. The van der Waals surface area contributed by atoms with E-state index < -0.39 is 0 Å². The van der Waals surface area contributed by atoms with Gasteiger partial charge in [-0.2, -0.15) is 0 Å². The predicted molar refractivity (Wildman–Crippen MR) is 183 cm³/mol. The molecule has 1 spiro atoms. The quantitative estimate of drug-likeness (QED) is 0.208. The normalized spacial score (nSPS) is 41.3. The summed E-state index contributed by atoms with van der Waals surface area (Å²) in [6, 6.07) is 1.98. The van der Waals surface area contributed by atoms with Crippen LogP contribution in [0.3, 0.4) is 0 Å². The van der Waals surface area contributed by atoms with Gasteiger partial charge in [0, 0.05) is 41.0 Å². The summed E-state index contributed by atoms with van der Waals surface area (Å²) in [5, 5.41) is 0. The van der Waals surface area contributed by atoms with Gasteiger partial charge >= 0.3 is 0 Å². The second-order valence-electron chi connectivity index (χ2n) is 19.5. The summed E-state index contributed by atoms with van der Waals surface area (Å²) in [4.78, 5) is 6.23. The van der Waals surface area contributed by atoms with Crippen LogP contribution in [0.15, 0.2) is 45.7 Å². The lowest BCUT2D eigenvalue weighted by atomic mass is 9.21. The number of fused-ring (bicyclic) bond motifs is 5. The van der Waals surface area contributed by atoms with Gasteiger partial charge in [0.1, 0.15) is 0 Å². The highest BCUT2D eigenvalue weighted by Crippen LogP contribution is 2.71. The van der Waals surface area contributed by atoms with Crippen LogP contribution >= 0.6 is 0 Å². The van der Waals surface area contributed by atoms with E-state index in [1.54, 1.807) is 28.1 Å². The van der Waals surface area contributed by atoms with E-state index in [0.29, 0.717) is 35.9 Å². The summed E-state index contributed by atoms with van der Waals surface area (Å²) in [6.45, 7) is 28.8. The molecule has 234 valence electrons. The van der Waals surface area contributed by atoms with E-state index in [4.69, 9.17) is 0 Å². The third kappa shape index (κ3) is 3.64. The van der Waals surface area contributed by atoms with Gasteiger partial charge in [-0.05, 0) is 112 Å². The molecule has 4 aliphatic carbocycles. The van der Waals surface area contributed by atoms with E-state index in [1.807, 2.05) is 5.47 Å². The second-order valence-corrected chi connectivity index (χ2v) is 19.5. The lowest BCUT2D eigenvalue weighted by Gasteiger charge is -2.62. The third-order valence-electron chi connectivity index (χ3n) is 15.3. The van der Waals surface area contributed by atoms with Crippen molar-refractivity contribution in [2.75, 3.05) is 0 Å². The molecule has 2 saturated heterocycles. The molecule has 4 heterocycles. The van der Waals surface area contributed by atoms with Crippen LogP contribution in [0.25, 0.3) is 0 Å². The van der Waals surface area contributed by atoms with Crippen molar-refractivity contribution in [2.24, 2.45) is 34.0 Å². The molecular formula is C40H61BN2. The largest absolute Gasteiger partial charge is 0.346 e. The van der Waals surface area contributed by atoms with Crippen molar-refractivity contribution in [1.29, 1.82) is 0 Å². The average molecular weight is 581 g/mol. The zero-order valence-corrected chi connectivity index (χ0v) is 29.6. The molecule has 8 atom stereocenters. The smallest absolute Gasteiger partial charge is 0.189 e. The minimum atomic E-state index is 0.241. The number of nitrogens with zero attached hydrogens (tertiary/aromatic N) is 2. The summed E-state index contributed by atoms with van der Waals surface area (Å²) in [7, 11) is 0. The summed E-state index contributed by atoms with van der Waals surface area (Å²) in [5.41, 5.74) is 11.7. The van der Waals surface area contributed by atoms with E-state index >= 15 is 0 Å². The van der Waals surface area contributed by atoms with Crippen LogP contribution in [-0.4, -0.2) is 40.2 Å². The molecule has 0 radical (unpaired) electrons. The lowest BCUT2D eigenvalue weighted by Crippen LogP contribution is -2.67. The molecule has 2 nitrogen and oxygen atoms in total. The van der Waals surface area contributed by atoms with Crippen molar-refractivity contribution in [3.63, 3.8) is 0 Å². The highest BCUT2D eigenvalue weighted by Gasteiger charge is 2.72. The predicted octanol–water partition coefficient (Wildman–Crippen LogP) is 10.2. The fourth-order valence-corrected chi connectivity index (χ4v) is 13.2. The summed E-state index contributed by atoms with van der Waals surface area (Å²) in [6.07, 6.45) is 18.3. The molecule has 0 amide bonds. The van der Waals surface area contributed by atoms with Gasteiger partial charge in [-0.25, -0.2) is 0 Å². The maximum atomic E-state index is 3.26. The molecule has 43 heavy (non-hydrogen) atoms. The summed E-state index contributed by atoms with van der Waals surface area (Å²) >= 11 is 0. The van der Waals surface area contributed by atoms with E-state index in [0.717, 1.165) is 23.7 Å². The Morgan fingerprint density at radius 1 is 0.837 bits per heavy atom. The molecule has 1 saturated carbocycles. The van der Waals surface area contributed by atoms with Crippen molar-refractivity contribution in [3.8, 4) is 0 Å². The summed E-state index contributed by atoms with van der Waals surface area (Å²) in [5.74, 6) is 3.55. The monoisotopic (exact) mass is 580 g/mol. The SMILES string of the molecule is CC1=C(C)N2C3=C4B(C5C=C(C(C)(C)C)CC6C5N(C4CC(C)C3)C(C)(C)C63CCCCC3)C3CC(C(C)(C)C)=CC1C32. The van der Waals surface area contributed by atoms with Crippen molar-refractivity contribution >= 4 is 6.71 Å². The molecule has 8 rings (SSSR count). The Kier molecular flexibility index (Phi) is 6.10. The van der Waals surface area contributed by atoms with Crippen molar-refractivity contribution in [2.45, 2.75) is 169 Å². The fraction of sp³-hybridized carbons (Fsp3) is 0.800. The molecule has 8 unspecified atom stereocenters. The van der Waals surface area contributed by atoms with Crippen LogP contribution in [0, 0.1) is 34.0 Å². The topological polar surface area (TPSA) is 6.48 Å². The molecular weight excluding hydrogens is 519 g/mol. The van der Waals surface area contributed by atoms with Gasteiger partial charge in [-0.15, -0.1) is 0 Å². The highest BCUT2D eigenvalue weighted by molar-refractivity contribution is 6.72. The Bertz CT molecular complexity index is 1350. The van der Waals surface area contributed by atoms with Gasteiger partial charge in [0.05, 0.1) is 0 Å². The van der Waals surface area contributed by atoms with Crippen LogP contribution in [0.2, 0.25) is 11.6 Å².